The van der Waals surface area contributed by atoms with Crippen molar-refractivity contribution in [3.8, 4) is 17.2 Å². The average molecular weight is 791 g/mol. The average Bonchev–Trinajstić information content (AvgIpc) is 3.92. The molecule has 16 heteroatoms. The van der Waals surface area contributed by atoms with Gasteiger partial charge in [-0.3, -0.25) is 4.90 Å². The van der Waals surface area contributed by atoms with Gasteiger partial charge in [-0.1, -0.05) is 38.1 Å². The lowest BCUT2D eigenvalue weighted by Crippen LogP contribution is -2.51. The molecule has 1 amide bonds. The van der Waals surface area contributed by atoms with Crippen molar-refractivity contribution < 1.29 is 59.5 Å². The molecular weight excluding hydrogens is 745 g/mol. The van der Waals surface area contributed by atoms with Gasteiger partial charge in [0.25, 0.3) is 0 Å². The Hall–Kier alpha value is -4.09. The smallest absolute Gasteiger partial charge is 0.416 e. The lowest BCUT2D eigenvalue weighted by Gasteiger charge is -2.34. The van der Waals surface area contributed by atoms with Crippen molar-refractivity contribution in [1.29, 1.82) is 0 Å². The van der Waals surface area contributed by atoms with Gasteiger partial charge in [0, 0.05) is 19.2 Å². The molecule has 4 aliphatic heterocycles. The molecule has 55 heavy (non-hydrogen) atoms. The molecule has 5 unspecified atom stereocenters. The maximum atomic E-state index is 14.3. The van der Waals surface area contributed by atoms with Gasteiger partial charge in [-0.05, 0) is 80.1 Å². The van der Waals surface area contributed by atoms with Crippen molar-refractivity contribution in [2.75, 3.05) is 33.1 Å². The molecule has 0 aromatic heterocycles. The van der Waals surface area contributed by atoms with Crippen molar-refractivity contribution in [2.45, 2.75) is 88.5 Å². The Kier molecular flexibility index (Phi) is 11.0. The van der Waals surface area contributed by atoms with Crippen LogP contribution in [0.2, 0.25) is 0 Å². The zero-order valence-electron chi connectivity index (χ0n) is 31.0. The van der Waals surface area contributed by atoms with Gasteiger partial charge < -0.3 is 33.2 Å². The summed E-state index contributed by atoms with van der Waals surface area (Å²) in [7, 11) is -4.07. The Bertz CT molecular complexity index is 1940. The first-order valence-electron chi connectivity index (χ1n) is 18.3. The third kappa shape index (κ3) is 8.53. The summed E-state index contributed by atoms with van der Waals surface area (Å²) in [4.78, 5) is 15.8. The minimum atomic E-state index is -4.42. The Labute approximate surface area is 318 Å². The first-order valence-corrected chi connectivity index (χ1v) is 19.7. The van der Waals surface area contributed by atoms with Gasteiger partial charge in [0.1, 0.15) is 24.2 Å². The number of halogens is 3. The molecule has 12 nitrogen and oxygen atoms in total. The van der Waals surface area contributed by atoms with Crippen molar-refractivity contribution in [3.63, 3.8) is 0 Å². The molecule has 5 atom stereocenters. The summed E-state index contributed by atoms with van der Waals surface area (Å²) in [5.41, 5.74) is -0.543. The molecule has 0 N–H and O–H groups in total. The van der Waals surface area contributed by atoms with Crippen LogP contribution in [0.4, 0.5) is 18.0 Å². The summed E-state index contributed by atoms with van der Waals surface area (Å²) >= 11 is 0. The topological polar surface area (TPSA) is 122 Å². The van der Waals surface area contributed by atoms with Gasteiger partial charge in [0.05, 0.1) is 41.7 Å². The van der Waals surface area contributed by atoms with E-state index in [0.717, 1.165) is 17.7 Å². The first kappa shape index (κ1) is 39.2. The van der Waals surface area contributed by atoms with Crippen LogP contribution >= 0.6 is 0 Å². The van der Waals surface area contributed by atoms with Gasteiger partial charge in [-0.25, -0.2) is 13.2 Å². The number of alkyl halides is 3. The fourth-order valence-electron chi connectivity index (χ4n) is 7.53. The molecule has 298 valence electrons. The quantitative estimate of drug-likeness (QED) is 0.198. The van der Waals surface area contributed by atoms with E-state index in [4.69, 9.17) is 33.2 Å². The molecule has 3 aromatic rings. The highest BCUT2D eigenvalue weighted by atomic mass is 32.2. The van der Waals surface area contributed by atoms with Crippen molar-refractivity contribution >= 4 is 16.1 Å². The largest absolute Gasteiger partial charge is 0.489 e. The van der Waals surface area contributed by atoms with Crippen molar-refractivity contribution in [1.82, 2.24) is 9.21 Å². The molecule has 3 aromatic carbocycles. The number of amides is 1. The minimum absolute atomic E-state index is 0.000813. The number of hydrogen-bond donors (Lipinski definition) is 0. The molecule has 4 aliphatic rings. The maximum Gasteiger partial charge on any atom is 0.416 e. The van der Waals surface area contributed by atoms with Crippen LogP contribution in [-0.4, -0.2) is 87.1 Å². The van der Waals surface area contributed by atoms with Gasteiger partial charge in [0.15, 0.2) is 17.8 Å². The van der Waals surface area contributed by atoms with E-state index in [9.17, 15) is 26.4 Å². The highest BCUT2D eigenvalue weighted by Crippen LogP contribution is 2.40. The maximum absolute atomic E-state index is 14.3. The molecule has 3 saturated heterocycles. The lowest BCUT2D eigenvalue weighted by molar-refractivity contribution is -0.137. The van der Waals surface area contributed by atoms with Crippen LogP contribution in [0.1, 0.15) is 50.8 Å². The number of carbonyl (C=O) groups is 1. The Balaban J connectivity index is 1.13. The summed E-state index contributed by atoms with van der Waals surface area (Å²) < 4.78 is 110. The van der Waals surface area contributed by atoms with Gasteiger partial charge in [0.2, 0.25) is 16.8 Å². The lowest BCUT2D eigenvalue weighted by atomic mass is 9.99. The highest BCUT2D eigenvalue weighted by Gasteiger charge is 2.53. The monoisotopic (exact) mass is 790 g/mol. The van der Waals surface area contributed by atoms with Crippen LogP contribution in [0.25, 0.3) is 0 Å². The fourth-order valence-corrected chi connectivity index (χ4v) is 9.16. The number of ether oxygens (including phenoxy) is 7. The summed E-state index contributed by atoms with van der Waals surface area (Å²) in [6, 6.07) is 15.8. The number of carbonyl (C=O) groups excluding carboxylic acids is 1. The molecule has 7 rings (SSSR count). The molecule has 0 radical (unpaired) electrons. The van der Waals surface area contributed by atoms with Crippen molar-refractivity contribution in [2.24, 2.45) is 11.8 Å². The molecule has 0 spiro atoms. The molecule has 0 bridgehead atoms. The summed E-state index contributed by atoms with van der Waals surface area (Å²) in [6.07, 6.45) is -5.77. The van der Waals surface area contributed by atoms with E-state index in [2.05, 4.69) is 0 Å². The minimum Gasteiger partial charge on any atom is -0.489 e. The molecular formula is C39H45F3N2O10S. The van der Waals surface area contributed by atoms with Crippen LogP contribution in [0, 0.1) is 11.8 Å². The Morgan fingerprint density at radius 3 is 2.40 bits per heavy atom. The summed E-state index contributed by atoms with van der Waals surface area (Å²) in [5.74, 6) is 1.16. The third-order valence-corrected chi connectivity index (χ3v) is 12.0. The van der Waals surface area contributed by atoms with Crippen LogP contribution < -0.4 is 14.2 Å². The molecule has 0 saturated carbocycles. The normalized spacial score (nSPS) is 24.5. The second-order valence-corrected chi connectivity index (χ2v) is 17.0. The van der Waals surface area contributed by atoms with E-state index in [0.29, 0.717) is 35.8 Å². The standard InChI is InChI=1S/C39H45F3N2O10S/c1-24(2)19-43(55(46,47)29-13-14-32-33(18-29)52-23-51-32)20-34-31(44(38(3,4)54-34)37(45)53-35-22-50-36-30(35)15-16-48-36)17-25-7-11-28(12-8-25)49-21-26-5-9-27(10-6-26)39(40,41)42/h5-14,18,24,30-31,34-36H,15-17,19-23H2,1-4H3. The summed E-state index contributed by atoms with van der Waals surface area (Å²) in [6.45, 7) is 8.26. The zero-order chi connectivity index (χ0) is 39.1. The van der Waals surface area contributed by atoms with Crippen molar-refractivity contribution in [3.05, 3.63) is 83.4 Å². The highest BCUT2D eigenvalue weighted by molar-refractivity contribution is 7.89. The molecule has 4 heterocycles. The van der Waals surface area contributed by atoms with E-state index in [1.807, 2.05) is 26.0 Å². The Morgan fingerprint density at radius 2 is 1.69 bits per heavy atom. The molecule has 0 aliphatic carbocycles. The number of rotatable bonds is 12. The summed E-state index contributed by atoms with van der Waals surface area (Å²) in [5, 5.41) is 0. The predicted molar refractivity (Wildman–Crippen MR) is 191 cm³/mol. The second-order valence-electron chi connectivity index (χ2n) is 15.1. The van der Waals surface area contributed by atoms with E-state index in [-0.39, 0.29) is 56.2 Å². The molecule has 3 fully saturated rings. The van der Waals surface area contributed by atoms with Crippen LogP contribution in [0.5, 0.6) is 17.2 Å². The number of hydrogen-bond acceptors (Lipinski definition) is 10. The van der Waals surface area contributed by atoms with Crippen LogP contribution in [0.15, 0.2) is 71.6 Å². The second kappa shape index (κ2) is 15.4. The first-order chi connectivity index (χ1) is 26.1. The number of benzene rings is 3. The predicted octanol–water partition coefficient (Wildman–Crippen LogP) is 6.61. The van der Waals surface area contributed by atoms with Crippen LogP contribution in [0.3, 0.4) is 0 Å². The number of fused-ring (bicyclic) bond motifs is 2. The van der Waals surface area contributed by atoms with E-state index in [1.54, 1.807) is 36.9 Å². The van der Waals surface area contributed by atoms with E-state index >= 15 is 0 Å². The number of sulfonamides is 1. The van der Waals surface area contributed by atoms with Gasteiger partial charge >= 0.3 is 12.3 Å². The van der Waals surface area contributed by atoms with Crippen LogP contribution in [-0.2, 0) is 48.2 Å². The van der Waals surface area contributed by atoms with E-state index in [1.165, 1.54) is 28.6 Å². The van der Waals surface area contributed by atoms with Gasteiger partial charge in [-0.15, -0.1) is 0 Å². The third-order valence-electron chi connectivity index (χ3n) is 10.2. The number of nitrogens with zero attached hydrogens (tertiary/aromatic N) is 2. The Morgan fingerprint density at radius 1 is 0.982 bits per heavy atom. The van der Waals surface area contributed by atoms with E-state index < -0.39 is 58.1 Å². The fraction of sp³-hybridized carbons (Fsp3) is 0.513. The SMILES string of the molecule is CC(C)CN(CC1OC(C)(C)N(C(=O)OC2COC3OCCC23)C1Cc1ccc(OCc2ccc(C(F)(F)F)cc2)cc1)S(=O)(=O)c1ccc2c(c1)OCO2. The zero-order valence-corrected chi connectivity index (χ0v) is 31.8. The van der Waals surface area contributed by atoms with Gasteiger partial charge in [-0.2, -0.15) is 17.5 Å².